The van der Waals surface area contributed by atoms with Gasteiger partial charge >= 0.3 is 17.9 Å². The lowest BCUT2D eigenvalue weighted by molar-refractivity contribution is -0.167. The van der Waals surface area contributed by atoms with Gasteiger partial charge in [0.1, 0.15) is 13.2 Å². The number of rotatable bonds is 47. The van der Waals surface area contributed by atoms with Crippen LogP contribution < -0.4 is 0 Å². The van der Waals surface area contributed by atoms with Crippen molar-refractivity contribution in [3.8, 4) is 0 Å². The van der Waals surface area contributed by atoms with E-state index < -0.39 is 6.10 Å². The summed E-state index contributed by atoms with van der Waals surface area (Å²) < 4.78 is 16.7. The second kappa shape index (κ2) is 51.5. The molecule has 0 saturated carbocycles. The summed E-state index contributed by atoms with van der Waals surface area (Å²) in [4.78, 5) is 38.0. The van der Waals surface area contributed by atoms with E-state index in [0.29, 0.717) is 12.8 Å². The van der Waals surface area contributed by atoms with Gasteiger partial charge in [-0.15, -0.1) is 0 Å². The molecular formula is C57H98O6. The molecule has 1 unspecified atom stereocenters. The molecule has 0 aromatic heterocycles. The third-order valence-corrected chi connectivity index (χ3v) is 11.2. The summed E-state index contributed by atoms with van der Waals surface area (Å²) in [5, 5.41) is 0. The van der Waals surface area contributed by atoms with E-state index in [2.05, 4.69) is 93.7 Å². The number of carbonyl (C=O) groups excluding carboxylic acids is 3. The van der Waals surface area contributed by atoms with Crippen LogP contribution in [0.2, 0.25) is 0 Å². The van der Waals surface area contributed by atoms with Crippen LogP contribution in [0.15, 0.2) is 72.9 Å². The highest BCUT2D eigenvalue weighted by Gasteiger charge is 2.19. The molecule has 0 N–H and O–H groups in total. The minimum absolute atomic E-state index is 0.0976. The van der Waals surface area contributed by atoms with Crippen molar-refractivity contribution in [1.82, 2.24) is 0 Å². The summed E-state index contributed by atoms with van der Waals surface area (Å²) >= 11 is 0. The molecule has 0 amide bonds. The van der Waals surface area contributed by atoms with Gasteiger partial charge in [0.25, 0.3) is 0 Å². The van der Waals surface area contributed by atoms with Gasteiger partial charge < -0.3 is 14.2 Å². The fraction of sp³-hybridized carbons (Fsp3) is 0.737. The quantitative estimate of drug-likeness (QED) is 0.0199. The second-order valence-corrected chi connectivity index (χ2v) is 17.5. The maximum Gasteiger partial charge on any atom is 0.306 e. The van der Waals surface area contributed by atoms with Crippen LogP contribution in [-0.2, 0) is 28.6 Å². The van der Waals surface area contributed by atoms with Gasteiger partial charge in [-0.05, 0) is 89.9 Å². The minimum Gasteiger partial charge on any atom is -0.462 e. The van der Waals surface area contributed by atoms with Crippen LogP contribution >= 0.6 is 0 Å². The Morgan fingerprint density at radius 3 is 1.00 bits per heavy atom. The number of hydrogen-bond donors (Lipinski definition) is 0. The van der Waals surface area contributed by atoms with Gasteiger partial charge in [0.05, 0.1) is 0 Å². The zero-order valence-electron chi connectivity index (χ0n) is 41.3. The summed E-state index contributed by atoms with van der Waals surface area (Å²) in [6.07, 6.45) is 64.5. The molecule has 0 bridgehead atoms. The SMILES string of the molecule is CCCC/C=C\CCCCCCCC(=O)OCC(COC(=O)CCCCCCC\C=C/C=C\C=C/CCCCCCC)OC(=O)CCCCC/C=C\C=C/CCCCCCCCC. The lowest BCUT2D eigenvalue weighted by atomic mass is 10.1. The largest absolute Gasteiger partial charge is 0.462 e. The molecular weight excluding hydrogens is 781 g/mol. The number of carbonyl (C=O) groups is 3. The van der Waals surface area contributed by atoms with Crippen LogP contribution in [0.1, 0.15) is 252 Å². The third-order valence-electron chi connectivity index (χ3n) is 11.2. The van der Waals surface area contributed by atoms with Crippen molar-refractivity contribution in [2.45, 2.75) is 258 Å². The van der Waals surface area contributed by atoms with E-state index >= 15 is 0 Å². The Kier molecular flexibility index (Phi) is 48.9. The van der Waals surface area contributed by atoms with E-state index in [-0.39, 0.29) is 37.5 Å². The average Bonchev–Trinajstić information content (AvgIpc) is 3.28. The predicted molar refractivity (Wildman–Crippen MR) is 270 cm³/mol. The van der Waals surface area contributed by atoms with Gasteiger partial charge in [-0.1, -0.05) is 216 Å². The fourth-order valence-corrected chi connectivity index (χ4v) is 7.18. The van der Waals surface area contributed by atoms with Crippen molar-refractivity contribution in [2.24, 2.45) is 0 Å². The van der Waals surface area contributed by atoms with Gasteiger partial charge in [0.15, 0.2) is 6.10 Å². The topological polar surface area (TPSA) is 78.9 Å². The summed E-state index contributed by atoms with van der Waals surface area (Å²) in [5.41, 5.74) is 0. The predicted octanol–water partition coefficient (Wildman–Crippen LogP) is 17.4. The molecule has 0 heterocycles. The molecule has 63 heavy (non-hydrogen) atoms. The third kappa shape index (κ3) is 49.7. The molecule has 0 aromatic carbocycles. The molecule has 0 saturated heterocycles. The molecule has 0 radical (unpaired) electrons. The highest BCUT2D eigenvalue weighted by molar-refractivity contribution is 5.71. The van der Waals surface area contributed by atoms with Gasteiger partial charge in [-0.2, -0.15) is 0 Å². The second-order valence-electron chi connectivity index (χ2n) is 17.5. The maximum absolute atomic E-state index is 12.8. The zero-order chi connectivity index (χ0) is 45.8. The standard InChI is InChI=1S/C57H98O6/c1-4-7-10-13-16-19-22-24-26-28-29-31-32-35-38-41-44-47-50-56(59)62-53-54(52-61-55(58)49-46-43-40-37-34-21-18-15-12-9-6-3)63-57(60)51-48-45-42-39-36-33-30-27-25-23-20-17-14-11-8-5-2/h15,18,22,24,26-31,33,36,54H,4-14,16-17,19-21,23,25,32,34-35,37-53H2,1-3H3/b18-15-,24-22-,28-26-,30-27-,31-29-,36-33-. The molecule has 0 rings (SSSR count). The molecule has 6 nitrogen and oxygen atoms in total. The van der Waals surface area contributed by atoms with Gasteiger partial charge in [-0.25, -0.2) is 0 Å². The Labute approximate surface area is 389 Å². The summed E-state index contributed by atoms with van der Waals surface area (Å²) in [5.74, 6) is -0.952. The molecule has 6 heteroatoms. The first-order valence-corrected chi connectivity index (χ1v) is 26.5. The first kappa shape index (κ1) is 59.9. The molecule has 0 aliphatic carbocycles. The molecule has 0 aromatic rings. The van der Waals surface area contributed by atoms with E-state index in [1.807, 2.05) is 0 Å². The minimum atomic E-state index is -0.800. The summed E-state index contributed by atoms with van der Waals surface area (Å²) in [6.45, 7) is 6.53. The molecule has 0 aliphatic heterocycles. The smallest absolute Gasteiger partial charge is 0.306 e. The zero-order valence-corrected chi connectivity index (χ0v) is 41.3. The van der Waals surface area contributed by atoms with E-state index in [9.17, 15) is 14.4 Å². The number of ether oxygens (including phenoxy) is 3. The van der Waals surface area contributed by atoms with E-state index in [1.165, 1.54) is 103 Å². The number of allylic oxidation sites excluding steroid dienone is 12. The normalized spacial score (nSPS) is 12.6. The highest BCUT2D eigenvalue weighted by atomic mass is 16.6. The van der Waals surface area contributed by atoms with E-state index in [4.69, 9.17) is 14.2 Å². The number of hydrogen-bond acceptors (Lipinski definition) is 6. The molecule has 0 spiro atoms. The van der Waals surface area contributed by atoms with Crippen molar-refractivity contribution in [3.05, 3.63) is 72.9 Å². The van der Waals surface area contributed by atoms with Crippen LogP contribution in [0.25, 0.3) is 0 Å². The van der Waals surface area contributed by atoms with Gasteiger partial charge in [-0.3, -0.25) is 14.4 Å². The van der Waals surface area contributed by atoms with Gasteiger partial charge in [0.2, 0.25) is 0 Å². The lowest BCUT2D eigenvalue weighted by Crippen LogP contribution is -2.30. The van der Waals surface area contributed by atoms with Crippen molar-refractivity contribution < 1.29 is 28.6 Å². The fourth-order valence-electron chi connectivity index (χ4n) is 7.18. The maximum atomic E-state index is 12.8. The van der Waals surface area contributed by atoms with Crippen molar-refractivity contribution in [1.29, 1.82) is 0 Å². The van der Waals surface area contributed by atoms with Crippen LogP contribution in [0, 0.1) is 0 Å². The molecule has 362 valence electrons. The number of esters is 3. The molecule has 0 aliphatic rings. The Bertz CT molecular complexity index is 1190. The first-order chi connectivity index (χ1) is 31.0. The Morgan fingerprint density at radius 1 is 0.317 bits per heavy atom. The highest BCUT2D eigenvalue weighted by Crippen LogP contribution is 2.13. The van der Waals surface area contributed by atoms with Crippen LogP contribution in [0.4, 0.5) is 0 Å². The van der Waals surface area contributed by atoms with E-state index in [0.717, 1.165) is 109 Å². The van der Waals surface area contributed by atoms with Gasteiger partial charge in [0, 0.05) is 19.3 Å². The van der Waals surface area contributed by atoms with Crippen LogP contribution in [0.3, 0.4) is 0 Å². The van der Waals surface area contributed by atoms with Crippen LogP contribution in [0.5, 0.6) is 0 Å². The lowest BCUT2D eigenvalue weighted by Gasteiger charge is -2.18. The Hall–Kier alpha value is -3.15. The monoisotopic (exact) mass is 879 g/mol. The summed E-state index contributed by atoms with van der Waals surface area (Å²) in [7, 11) is 0. The number of unbranched alkanes of at least 4 members (excludes halogenated alkanes) is 27. The Morgan fingerprint density at radius 2 is 0.603 bits per heavy atom. The average molecular weight is 879 g/mol. The molecule has 1 atom stereocenters. The van der Waals surface area contributed by atoms with Crippen LogP contribution in [-0.4, -0.2) is 37.2 Å². The van der Waals surface area contributed by atoms with Crippen molar-refractivity contribution in [2.75, 3.05) is 13.2 Å². The molecule has 0 fully saturated rings. The van der Waals surface area contributed by atoms with Crippen molar-refractivity contribution in [3.63, 3.8) is 0 Å². The van der Waals surface area contributed by atoms with E-state index in [1.54, 1.807) is 0 Å². The Balaban J connectivity index is 4.45. The first-order valence-electron chi connectivity index (χ1n) is 26.5. The summed E-state index contributed by atoms with van der Waals surface area (Å²) in [6, 6.07) is 0. The van der Waals surface area contributed by atoms with Crippen molar-refractivity contribution >= 4 is 17.9 Å².